The third-order valence-electron chi connectivity index (χ3n) is 14.5. The summed E-state index contributed by atoms with van der Waals surface area (Å²) in [6.45, 7) is 4.61. The summed E-state index contributed by atoms with van der Waals surface area (Å²) >= 11 is 0. The number of nitrogens with zero attached hydrogens (tertiary/aromatic N) is 3. The van der Waals surface area contributed by atoms with E-state index in [4.69, 9.17) is 0 Å². The molecule has 0 unspecified atom stereocenters. The lowest BCUT2D eigenvalue weighted by molar-refractivity contribution is 0.660. The Hall–Kier alpha value is -8.34. The quantitative estimate of drug-likeness (QED) is 0.148. The van der Waals surface area contributed by atoms with Gasteiger partial charge in [0, 0.05) is 56.2 Å². The van der Waals surface area contributed by atoms with Crippen molar-refractivity contribution in [2.75, 3.05) is 14.5 Å². The molecule has 10 aromatic rings. The lowest BCUT2D eigenvalue weighted by atomic mass is 9.53. The normalized spacial score (nSPS) is 13.6. The molecule has 2 aliphatic heterocycles. The van der Waals surface area contributed by atoms with E-state index in [0.29, 0.717) is 0 Å². The monoisotopic (exact) mass is 855 g/mol. The van der Waals surface area contributed by atoms with E-state index in [1.54, 1.807) is 0 Å². The van der Waals surface area contributed by atoms with E-state index in [2.05, 4.69) is 271 Å². The molecule has 0 N–H and O–H groups in total. The van der Waals surface area contributed by atoms with Crippen LogP contribution in [-0.2, 0) is 5.41 Å². The first-order chi connectivity index (χ1) is 33.0. The summed E-state index contributed by atoms with van der Waals surface area (Å²) in [5, 5.41) is 0. The lowest BCUT2D eigenvalue weighted by Crippen LogP contribution is -2.61. The maximum Gasteiger partial charge on any atom is 0.421 e. The van der Waals surface area contributed by atoms with Crippen LogP contribution in [0.15, 0.2) is 243 Å². The van der Waals surface area contributed by atoms with Crippen molar-refractivity contribution in [2.24, 2.45) is 0 Å². The molecule has 2 heterocycles. The van der Waals surface area contributed by atoms with Crippen LogP contribution in [0.25, 0.3) is 55.6 Å². The maximum atomic E-state index is 2.55. The van der Waals surface area contributed by atoms with Crippen molar-refractivity contribution in [1.82, 2.24) is 0 Å². The molecule has 0 atom stereocenters. The predicted molar refractivity (Wildman–Crippen MR) is 283 cm³/mol. The molecule has 0 aromatic heterocycles. The van der Waals surface area contributed by atoms with Gasteiger partial charge in [-0.05, 0) is 122 Å². The smallest absolute Gasteiger partial charge is 0.361 e. The van der Waals surface area contributed by atoms with Crippen molar-refractivity contribution in [3.8, 4) is 55.6 Å². The minimum atomic E-state index is -0.107. The molecular formula is C63H46BN3. The molecule has 0 saturated carbocycles. The molecule has 67 heavy (non-hydrogen) atoms. The number of anilines is 7. The zero-order valence-electron chi connectivity index (χ0n) is 37.5. The molecule has 316 valence electrons. The highest BCUT2D eigenvalue weighted by atomic mass is 15.2. The van der Waals surface area contributed by atoms with Crippen LogP contribution in [-0.4, -0.2) is 6.98 Å². The van der Waals surface area contributed by atoms with Crippen LogP contribution in [0.5, 0.6) is 0 Å². The molecule has 0 amide bonds. The van der Waals surface area contributed by atoms with Gasteiger partial charge in [0.15, 0.2) is 0 Å². The Morgan fingerprint density at radius 2 is 0.761 bits per heavy atom. The van der Waals surface area contributed by atoms with Gasteiger partial charge in [0.1, 0.15) is 0 Å². The molecule has 0 radical (unpaired) electrons. The summed E-state index contributed by atoms with van der Waals surface area (Å²) in [4.78, 5) is 7.53. The topological polar surface area (TPSA) is 9.72 Å². The summed E-state index contributed by atoms with van der Waals surface area (Å²) in [5.74, 6) is 0. The van der Waals surface area contributed by atoms with Crippen LogP contribution >= 0.6 is 0 Å². The molecule has 0 saturated heterocycles. The summed E-state index contributed by atoms with van der Waals surface area (Å²) in [7, 11) is 0. The van der Waals surface area contributed by atoms with Crippen LogP contribution in [0.1, 0.15) is 25.0 Å². The Morgan fingerprint density at radius 1 is 0.343 bits per heavy atom. The maximum absolute atomic E-state index is 2.55. The second-order valence-electron chi connectivity index (χ2n) is 18.5. The van der Waals surface area contributed by atoms with Gasteiger partial charge in [-0.15, -0.1) is 0 Å². The molecule has 0 spiro atoms. The minimum absolute atomic E-state index is 0.103. The zero-order chi connectivity index (χ0) is 44.6. The molecular weight excluding hydrogens is 810 g/mol. The van der Waals surface area contributed by atoms with Crippen LogP contribution in [0.2, 0.25) is 0 Å². The second-order valence-corrected chi connectivity index (χ2v) is 18.5. The fourth-order valence-corrected chi connectivity index (χ4v) is 11.3. The van der Waals surface area contributed by atoms with Crippen LogP contribution in [0, 0.1) is 0 Å². The summed E-state index contributed by atoms with van der Waals surface area (Å²) in [6, 6.07) is 89.3. The Morgan fingerprint density at radius 3 is 1.34 bits per heavy atom. The van der Waals surface area contributed by atoms with E-state index in [1.165, 1.54) is 89.3 Å². The fraction of sp³-hybridized carbons (Fsp3) is 0.0476. The average Bonchev–Trinajstić information content (AvgIpc) is 3.63. The van der Waals surface area contributed by atoms with Crippen LogP contribution in [0.3, 0.4) is 0 Å². The van der Waals surface area contributed by atoms with E-state index in [0.717, 1.165) is 22.7 Å². The van der Waals surface area contributed by atoms with Crippen molar-refractivity contribution >= 4 is 52.3 Å². The van der Waals surface area contributed by atoms with Crippen molar-refractivity contribution in [1.29, 1.82) is 0 Å². The van der Waals surface area contributed by atoms with Gasteiger partial charge in [-0.25, -0.2) is 0 Å². The standard InChI is InChI=1S/C63H46BN3/c1-63(2)56-26-12-9-23-55(56)61-57(63)27-16-30-60(61)65(47-37-31-44(32-38-47)43-17-5-3-6-18-43)48-39-33-45(34-40-48)46-35-41-50(42-36-46)67-59-29-14-11-22-52(59)54-25-15-24-53-51-21-10-13-28-58(51)66(64(67)62(53)54)49-19-7-4-8-20-49/h3-42H,1-2H3. The Bertz CT molecular complexity index is 3480. The highest BCUT2D eigenvalue weighted by Gasteiger charge is 2.46. The molecule has 3 nitrogen and oxygen atoms in total. The number of benzene rings is 10. The third-order valence-corrected chi connectivity index (χ3v) is 14.5. The number of hydrogen-bond donors (Lipinski definition) is 0. The SMILES string of the molecule is CC1(C)c2ccccc2-c2c(N(c3ccc(-c4ccccc4)cc3)c3ccc(-c4ccc(N5B6c7c(cccc7-c7ccccc75)-c5ccccc5N6c5ccccc5)cc4)cc3)cccc21. The van der Waals surface area contributed by atoms with E-state index < -0.39 is 0 Å². The molecule has 0 bridgehead atoms. The van der Waals surface area contributed by atoms with Crippen molar-refractivity contribution in [2.45, 2.75) is 19.3 Å². The third kappa shape index (κ3) is 6.13. The Labute approximate surface area is 393 Å². The van der Waals surface area contributed by atoms with Gasteiger partial charge in [0.05, 0.1) is 5.69 Å². The van der Waals surface area contributed by atoms with Gasteiger partial charge in [0.2, 0.25) is 0 Å². The Balaban J connectivity index is 0.901. The van der Waals surface area contributed by atoms with Gasteiger partial charge in [-0.3, -0.25) is 0 Å². The van der Waals surface area contributed by atoms with Crippen molar-refractivity contribution in [3.63, 3.8) is 0 Å². The second kappa shape index (κ2) is 15.4. The van der Waals surface area contributed by atoms with Gasteiger partial charge >= 0.3 is 6.98 Å². The van der Waals surface area contributed by atoms with E-state index >= 15 is 0 Å². The Kier molecular flexibility index (Phi) is 8.98. The number of hydrogen-bond acceptors (Lipinski definition) is 3. The van der Waals surface area contributed by atoms with Gasteiger partial charge < -0.3 is 14.5 Å². The van der Waals surface area contributed by atoms with E-state index in [9.17, 15) is 0 Å². The first-order valence-electron chi connectivity index (χ1n) is 23.4. The van der Waals surface area contributed by atoms with Crippen LogP contribution < -0.4 is 20.0 Å². The van der Waals surface area contributed by atoms with Gasteiger partial charge in [-0.1, -0.05) is 190 Å². The number of para-hydroxylation sites is 3. The van der Waals surface area contributed by atoms with Crippen molar-refractivity contribution in [3.05, 3.63) is 254 Å². The van der Waals surface area contributed by atoms with Crippen molar-refractivity contribution < 1.29 is 0 Å². The largest absolute Gasteiger partial charge is 0.421 e. The summed E-state index contributed by atoms with van der Waals surface area (Å²) < 4.78 is 0. The average molecular weight is 856 g/mol. The number of fused-ring (bicyclic) bond motifs is 7. The summed E-state index contributed by atoms with van der Waals surface area (Å²) in [5.41, 5.74) is 24.5. The highest BCUT2D eigenvalue weighted by Crippen LogP contribution is 2.55. The molecule has 4 heteroatoms. The van der Waals surface area contributed by atoms with E-state index in [-0.39, 0.29) is 12.4 Å². The minimum Gasteiger partial charge on any atom is -0.361 e. The predicted octanol–water partition coefficient (Wildman–Crippen LogP) is 16.1. The molecule has 0 fully saturated rings. The molecule has 13 rings (SSSR count). The zero-order valence-corrected chi connectivity index (χ0v) is 37.5. The molecule has 3 aliphatic rings. The molecule has 10 aromatic carbocycles. The first kappa shape index (κ1) is 39.1. The van der Waals surface area contributed by atoms with E-state index in [1.807, 2.05) is 0 Å². The number of rotatable bonds is 7. The fourth-order valence-electron chi connectivity index (χ4n) is 11.3. The van der Waals surface area contributed by atoms with Crippen LogP contribution in [0.4, 0.5) is 39.8 Å². The highest BCUT2D eigenvalue weighted by molar-refractivity contribution is 6.86. The lowest BCUT2D eigenvalue weighted by Gasteiger charge is -2.47. The van der Waals surface area contributed by atoms with Gasteiger partial charge in [-0.2, -0.15) is 0 Å². The van der Waals surface area contributed by atoms with Gasteiger partial charge in [0.25, 0.3) is 0 Å². The first-order valence-corrected chi connectivity index (χ1v) is 23.4. The molecule has 1 aliphatic carbocycles. The summed E-state index contributed by atoms with van der Waals surface area (Å²) in [6.07, 6.45) is 0.